The van der Waals surface area contributed by atoms with Crippen molar-refractivity contribution in [3.63, 3.8) is 0 Å². The number of nitrogens with one attached hydrogen (secondary N) is 1. The van der Waals surface area contributed by atoms with Gasteiger partial charge in [0.2, 0.25) is 0 Å². The molecule has 1 aromatic carbocycles. The Morgan fingerprint density at radius 3 is 2.67 bits per heavy atom. The predicted octanol–water partition coefficient (Wildman–Crippen LogP) is 2.58. The lowest BCUT2D eigenvalue weighted by molar-refractivity contribution is 0.252. The molecule has 1 unspecified atom stereocenters. The molecule has 1 N–H and O–H groups in total. The van der Waals surface area contributed by atoms with Crippen LogP contribution < -0.4 is 10.1 Å². The quantitative estimate of drug-likeness (QED) is 0.587. The second-order valence-corrected chi connectivity index (χ2v) is 6.61. The SMILES string of the molecule is CCNC(=NCC(C)N(C)C1CC1)N(C)Cc1ccccc1OC. The number of guanidine groups is 1. The summed E-state index contributed by atoms with van der Waals surface area (Å²) in [4.78, 5) is 9.45. The molecule has 5 nitrogen and oxygen atoms in total. The molecule has 2 rings (SSSR count). The maximum Gasteiger partial charge on any atom is 0.194 e. The molecule has 1 aliphatic carbocycles. The van der Waals surface area contributed by atoms with E-state index in [2.05, 4.69) is 49.1 Å². The summed E-state index contributed by atoms with van der Waals surface area (Å²) >= 11 is 0. The van der Waals surface area contributed by atoms with E-state index in [0.717, 1.165) is 42.9 Å². The van der Waals surface area contributed by atoms with E-state index in [1.807, 2.05) is 18.2 Å². The van der Waals surface area contributed by atoms with Gasteiger partial charge in [0.25, 0.3) is 0 Å². The molecular formula is C19H32N4O. The smallest absolute Gasteiger partial charge is 0.194 e. The zero-order valence-corrected chi connectivity index (χ0v) is 15.7. The Bertz CT molecular complexity index is 542. The Morgan fingerprint density at radius 2 is 2.04 bits per heavy atom. The number of para-hydroxylation sites is 1. The summed E-state index contributed by atoms with van der Waals surface area (Å²) in [5.41, 5.74) is 1.16. The summed E-state index contributed by atoms with van der Waals surface area (Å²) in [5, 5.41) is 3.40. The number of methoxy groups -OCH3 is 1. The van der Waals surface area contributed by atoms with Crippen molar-refractivity contribution in [2.75, 3.05) is 34.3 Å². The molecule has 0 bridgehead atoms. The molecule has 1 saturated carbocycles. The highest BCUT2D eigenvalue weighted by Crippen LogP contribution is 2.27. The van der Waals surface area contributed by atoms with Gasteiger partial charge < -0.3 is 15.0 Å². The van der Waals surface area contributed by atoms with E-state index in [9.17, 15) is 0 Å². The third kappa shape index (κ3) is 5.13. The first-order valence-electron chi connectivity index (χ1n) is 8.90. The van der Waals surface area contributed by atoms with E-state index >= 15 is 0 Å². The number of benzene rings is 1. The Labute approximate surface area is 146 Å². The van der Waals surface area contributed by atoms with E-state index in [4.69, 9.17) is 9.73 Å². The van der Waals surface area contributed by atoms with Crippen LogP contribution in [0.25, 0.3) is 0 Å². The van der Waals surface area contributed by atoms with E-state index in [0.29, 0.717) is 6.04 Å². The molecule has 0 spiro atoms. The van der Waals surface area contributed by atoms with Gasteiger partial charge in [-0.1, -0.05) is 18.2 Å². The number of nitrogens with zero attached hydrogens (tertiary/aromatic N) is 3. The molecule has 1 aliphatic rings. The van der Waals surface area contributed by atoms with Crippen molar-refractivity contribution in [2.45, 2.75) is 45.3 Å². The number of ether oxygens (including phenoxy) is 1. The highest BCUT2D eigenvalue weighted by atomic mass is 16.5. The molecule has 0 saturated heterocycles. The maximum atomic E-state index is 5.46. The van der Waals surface area contributed by atoms with Crippen LogP contribution in [-0.2, 0) is 6.54 Å². The summed E-state index contributed by atoms with van der Waals surface area (Å²) in [5.74, 6) is 1.86. The van der Waals surface area contributed by atoms with Crippen molar-refractivity contribution in [1.29, 1.82) is 0 Å². The summed E-state index contributed by atoms with van der Waals surface area (Å²) in [6.07, 6.45) is 2.66. The standard InChI is InChI=1S/C19H32N4O/c1-6-20-19(21-13-15(2)23(4)17-11-12-17)22(3)14-16-9-7-8-10-18(16)24-5/h7-10,15,17H,6,11-14H2,1-5H3,(H,20,21). The van der Waals surface area contributed by atoms with Gasteiger partial charge in [-0.25, -0.2) is 0 Å². The van der Waals surface area contributed by atoms with Crippen LogP contribution in [0, 0.1) is 0 Å². The third-order valence-electron chi connectivity index (χ3n) is 4.62. The zero-order chi connectivity index (χ0) is 17.5. The van der Waals surface area contributed by atoms with E-state index in [1.165, 1.54) is 12.8 Å². The summed E-state index contributed by atoms with van der Waals surface area (Å²) < 4.78 is 5.46. The molecule has 24 heavy (non-hydrogen) atoms. The number of hydrogen-bond acceptors (Lipinski definition) is 3. The summed E-state index contributed by atoms with van der Waals surface area (Å²) in [6, 6.07) is 9.37. The fraction of sp³-hybridized carbons (Fsp3) is 0.632. The van der Waals surface area contributed by atoms with Crippen LogP contribution >= 0.6 is 0 Å². The molecule has 0 heterocycles. The fourth-order valence-corrected chi connectivity index (χ4v) is 2.82. The second kappa shape index (κ2) is 8.92. The first-order valence-corrected chi connectivity index (χ1v) is 8.90. The summed E-state index contributed by atoms with van der Waals surface area (Å²) in [6.45, 7) is 6.80. The van der Waals surface area contributed by atoms with Crippen molar-refractivity contribution in [3.8, 4) is 5.75 Å². The number of aliphatic imine (C=N–C) groups is 1. The van der Waals surface area contributed by atoms with Crippen LogP contribution in [0.3, 0.4) is 0 Å². The largest absolute Gasteiger partial charge is 0.496 e. The van der Waals surface area contributed by atoms with Crippen LogP contribution in [-0.4, -0.2) is 62.1 Å². The molecule has 1 fully saturated rings. The Balaban J connectivity index is 2.00. The molecule has 1 atom stereocenters. The molecule has 134 valence electrons. The van der Waals surface area contributed by atoms with Crippen LogP contribution in [0.4, 0.5) is 0 Å². The normalized spacial score (nSPS) is 16.2. The fourth-order valence-electron chi connectivity index (χ4n) is 2.82. The second-order valence-electron chi connectivity index (χ2n) is 6.61. The van der Waals surface area contributed by atoms with Crippen LogP contribution in [0.15, 0.2) is 29.3 Å². The molecule has 0 aliphatic heterocycles. The van der Waals surface area contributed by atoms with Crippen LogP contribution in [0.2, 0.25) is 0 Å². The predicted molar refractivity (Wildman–Crippen MR) is 101 cm³/mol. The van der Waals surface area contributed by atoms with Gasteiger partial charge in [-0.15, -0.1) is 0 Å². The molecule has 0 amide bonds. The number of rotatable bonds is 8. The minimum absolute atomic E-state index is 0.464. The summed E-state index contributed by atoms with van der Waals surface area (Å²) in [7, 11) is 6.00. The van der Waals surface area contributed by atoms with Crippen molar-refractivity contribution in [1.82, 2.24) is 15.1 Å². The van der Waals surface area contributed by atoms with Gasteiger partial charge in [-0.05, 0) is 39.8 Å². The van der Waals surface area contributed by atoms with Gasteiger partial charge in [0.15, 0.2) is 5.96 Å². The number of likely N-dealkylation sites (N-methyl/N-ethyl adjacent to an activating group) is 1. The minimum atomic E-state index is 0.464. The Hall–Kier alpha value is -1.75. The van der Waals surface area contributed by atoms with Crippen molar-refractivity contribution < 1.29 is 4.74 Å². The molecule has 0 radical (unpaired) electrons. The van der Waals surface area contributed by atoms with E-state index in [1.54, 1.807) is 7.11 Å². The highest BCUT2D eigenvalue weighted by Gasteiger charge is 2.28. The average molecular weight is 332 g/mol. The highest BCUT2D eigenvalue weighted by molar-refractivity contribution is 5.79. The van der Waals surface area contributed by atoms with Crippen LogP contribution in [0.5, 0.6) is 5.75 Å². The lowest BCUT2D eigenvalue weighted by Gasteiger charge is -2.26. The topological polar surface area (TPSA) is 40.1 Å². The monoisotopic (exact) mass is 332 g/mol. The van der Waals surface area contributed by atoms with Gasteiger partial charge in [-0.2, -0.15) is 0 Å². The lowest BCUT2D eigenvalue weighted by atomic mass is 10.2. The van der Waals surface area contributed by atoms with Crippen molar-refractivity contribution in [3.05, 3.63) is 29.8 Å². The van der Waals surface area contributed by atoms with Crippen molar-refractivity contribution in [2.24, 2.45) is 4.99 Å². The van der Waals surface area contributed by atoms with Gasteiger partial charge in [0, 0.05) is 37.8 Å². The zero-order valence-electron chi connectivity index (χ0n) is 15.7. The molecule has 5 heteroatoms. The molecule has 0 aromatic heterocycles. The van der Waals surface area contributed by atoms with Crippen molar-refractivity contribution >= 4 is 5.96 Å². The maximum absolute atomic E-state index is 5.46. The first-order chi connectivity index (χ1) is 11.6. The van der Waals surface area contributed by atoms with Crippen LogP contribution in [0.1, 0.15) is 32.3 Å². The lowest BCUT2D eigenvalue weighted by Crippen LogP contribution is -2.40. The first kappa shape index (κ1) is 18.6. The van der Waals surface area contributed by atoms with E-state index < -0.39 is 0 Å². The number of hydrogen-bond donors (Lipinski definition) is 1. The third-order valence-corrected chi connectivity index (χ3v) is 4.62. The van der Waals surface area contributed by atoms with Gasteiger partial charge >= 0.3 is 0 Å². The Kier molecular flexibility index (Phi) is 6.91. The molecule has 1 aromatic rings. The molecular weight excluding hydrogens is 300 g/mol. The minimum Gasteiger partial charge on any atom is -0.496 e. The van der Waals surface area contributed by atoms with E-state index in [-0.39, 0.29) is 0 Å². The van der Waals surface area contributed by atoms with Gasteiger partial charge in [-0.3, -0.25) is 9.89 Å². The van der Waals surface area contributed by atoms with Gasteiger partial charge in [0.1, 0.15) is 5.75 Å². The average Bonchev–Trinajstić information content (AvgIpc) is 3.43. The van der Waals surface area contributed by atoms with Gasteiger partial charge in [0.05, 0.1) is 13.7 Å². The Morgan fingerprint density at radius 1 is 1.33 bits per heavy atom.